The second kappa shape index (κ2) is 10.1. The van der Waals surface area contributed by atoms with Crippen molar-refractivity contribution >= 4 is 5.91 Å². The largest absolute Gasteiger partial charge is 0.353 e. The van der Waals surface area contributed by atoms with Crippen LogP contribution in [-0.2, 0) is 4.79 Å². The molecule has 5 nitrogen and oxygen atoms in total. The van der Waals surface area contributed by atoms with Crippen molar-refractivity contribution < 1.29 is 4.79 Å². The molecule has 0 spiro atoms. The van der Waals surface area contributed by atoms with Crippen molar-refractivity contribution in [1.82, 2.24) is 15.1 Å². The topological polar surface area (TPSA) is 61.6 Å². The van der Waals surface area contributed by atoms with E-state index in [-0.39, 0.29) is 5.91 Å². The van der Waals surface area contributed by atoms with E-state index in [0.717, 1.165) is 65.0 Å². The zero-order valence-corrected chi connectivity index (χ0v) is 13.2. The normalized spacial score (nSPS) is 19.6. The van der Waals surface area contributed by atoms with Gasteiger partial charge in [0.15, 0.2) is 0 Å². The summed E-state index contributed by atoms with van der Waals surface area (Å²) in [6, 6.07) is 0.292. The van der Waals surface area contributed by atoms with Gasteiger partial charge in [-0.3, -0.25) is 9.69 Å². The first-order valence-electron chi connectivity index (χ1n) is 8.09. The third kappa shape index (κ3) is 7.22. The zero-order valence-electron chi connectivity index (χ0n) is 13.2. The summed E-state index contributed by atoms with van der Waals surface area (Å²) in [4.78, 5) is 16.7. The van der Waals surface area contributed by atoms with Gasteiger partial charge in [-0.15, -0.1) is 0 Å². The smallest absolute Gasteiger partial charge is 0.234 e. The van der Waals surface area contributed by atoms with E-state index in [1.165, 1.54) is 0 Å². The Hall–Kier alpha value is -0.650. The van der Waals surface area contributed by atoms with Gasteiger partial charge in [0, 0.05) is 19.1 Å². The van der Waals surface area contributed by atoms with Crippen LogP contribution in [-0.4, -0.2) is 67.6 Å². The van der Waals surface area contributed by atoms with Gasteiger partial charge in [-0.2, -0.15) is 0 Å². The van der Waals surface area contributed by atoms with E-state index in [4.69, 9.17) is 5.73 Å². The molecule has 0 aromatic heterocycles. The Morgan fingerprint density at radius 1 is 1.25 bits per heavy atom. The van der Waals surface area contributed by atoms with Crippen molar-refractivity contribution in [2.45, 2.75) is 45.6 Å². The van der Waals surface area contributed by atoms with Gasteiger partial charge in [-0.1, -0.05) is 13.3 Å². The fourth-order valence-electron chi connectivity index (χ4n) is 2.75. The first-order valence-corrected chi connectivity index (χ1v) is 8.09. The van der Waals surface area contributed by atoms with Crippen LogP contribution >= 0.6 is 0 Å². The summed E-state index contributed by atoms with van der Waals surface area (Å²) in [7, 11) is 0. The third-order valence-electron chi connectivity index (χ3n) is 3.86. The summed E-state index contributed by atoms with van der Waals surface area (Å²) in [5.41, 5.74) is 5.56. The summed E-state index contributed by atoms with van der Waals surface area (Å²) in [5.74, 6) is 0.168. The lowest BCUT2D eigenvalue weighted by Gasteiger charge is -2.22. The second-order valence-corrected chi connectivity index (χ2v) is 5.87. The Labute approximate surface area is 123 Å². The number of rotatable bonds is 8. The molecule has 1 unspecified atom stereocenters. The molecule has 1 aliphatic rings. The fourth-order valence-corrected chi connectivity index (χ4v) is 2.75. The monoisotopic (exact) mass is 284 g/mol. The van der Waals surface area contributed by atoms with Crippen molar-refractivity contribution in [3.63, 3.8) is 0 Å². The lowest BCUT2D eigenvalue weighted by Crippen LogP contribution is -2.42. The highest BCUT2D eigenvalue weighted by Gasteiger charge is 2.17. The number of hydrogen-bond acceptors (Lipinski definition) is 4. The van der Waals surface area contributed by atoms with E-state index in [9.17, 15) is 4.79 Å². The van der Waals surface area contributed by atoms with E-state index in [0.29, 0.717) is 12.6 Å². The molecule has 3 N–H and O–H groups in total. The molecule has 1 heterocycles. The molecular weight excluding hydrogens is 252 g/mol. The summed E-state index contributed by atoms with van der Waals surface area (Å²) in [6.45, 7) is 10.8. The molecule has 1 fully saturated rings. The first-order chi connectivity index (χ1) is 9.65. The molecule has 0 aliphatic carbocycles. The molecule has 0 radical (unpaired) electrons. The van der Waals surface area contributed by atoms with Crippen LogP contribution in [0.3, 0.4) is 0 Å². The molecule has 0 bridgehead atoms. The SMILES string of the molecule is CCCC(C)NC(=O)CN1CCCN(CCCN)CC1. The average molecular weight is 284 g/mol. The number of nitrogens with zero attached hydrogens (tertiary/aromatic N) is 2. The molecule has 118 valence electrons. The van der Waals surface area contributed by atoms with Crippen LogP contribution in [0.15, 0.2) is 0 Å². The van der Waals surface area contributed by atoms with Gasteiger partial charge in [0.2, 0.25) is 5.91 Å². The maximum absolute atomic E-state index is 12.0. The van der Waals surface area contributed by atoms with Crippen LogP contribution in [0.25, 0.3) is 0 Å². The quantitative estimate of drug-likeness (QED) is 0.687. The predicted octanol–water partition coefficient (Wildman–Crippen LogP) is 0.648. The van der Waals surface area contributed by atoms with Crippen LogP contribution < -0.4 is 11.1 Å². The Balaban J connectivity index is 2.25. The number of carbonyl (C=O) groups is 1. The molecule has 1 aliphatic heterocycles. The van der Waals surface area contributed by atoms with Crippen LogP contribution in [0.4, 0.5) is 0 Å². The van der Waals surface area contributed by atoms with E-state index in [2.05, 4.69) is 29.0 Å². The minimum absolute atomic E-state index is 0.168. The molecule has 1 rings (SSSR count). The van der Waals surface area contributed by atoms with Crippen molar-refractivity contribution in [2.75, 3.05) is 45.8 Å². The number of carbonyl (C=O) groups excluding carboxylic acids is 1. The van der Waals surface area contributed by atoms with E-state index in [1.54, 1.807) is 0 Å². The number of nitrogens with one attached hydrogen (secondary N) is 1. The van der Waals surface area contributed by atoms with Crippen LogP contribution in [0.1, 0.15) is 39.5 Å². The zero-order chi connectivity index (χ0) is 14.8. The minimum Gasteiger partial charge on any atom is -0.353 e. The van der Waals surface area contributed by atoms with Gasteiger partial charge >= 0.3 is 0 Å². The molecule has 0 saturated carbocycles. The van der Waals surface area contributed by atoms with Gasteiger partial charge in [-0.05, 0) is 52.4 Å². The Kier molecular flexibility index (Phi) is 8.82. The molecule has 1 atom stereocenters. The maximum atomic E-state index is 12.0. The molecule has 0 aromatic carbocycles. The molecular formula is C15H32N4O. The Morgan fingerprint density at radius 2 is 1.95 bits per heavy atom. The number of nitrogens with two attached hydrogens (primary N) is 1. The first kappa shape index (κ1) is 17.4. The molecule has 20 heavy (non-hydrogen) atoms. The Morgan fingerprint density at radius 3 is 2.65 bits per heavy atom. The third-order valence-corrected chi connectivity index (χ3v) is 3.86. The summed E-state index contributed by atoms with van der Waals surface area (Å²) in [6.07, 6.45) is 4.37. The van der Waals surface area contributed by atoms with E-state index in [1.807, 2.05) is 0 Å². The van der Waals surface area contributed by atoms with Crippen LogP contribution in [0.2, 0.25) is 0 Å². The average Bonchev–Trinajstić information content (AvgIpc) is 2.62. The minimum atomic E-state index is 0.168. The van der Waals surface area contributed by atoms with Gasteiger partial charge in [0.25, 0.3) is 0 Å². The van der Waals surface area contributed by atoms with Crippen LogP contribution in [0, 0.1) is 0 Å². The van der Waals surface area contributed by atoms with Crippen molar-refractivity contribution in [3.05, 3.63) is 0 Å². The van der Waals surface area contributed by atoms with E-state index < -0.39 is 0 Å². The second-order valence-electron chi connectivity index (χ2n) is 5.87. The Bertz CT molecular complexity index is 273. The lowest BCUT2D eigenvalue weighted by atomic mass is 10.2. The highest BCUT2D eigenvalue weighted by molar-refractivity contribution is 5.78. The van der Waals surface area contributed by atoms with Gasteiger partial charge < -0.3 is 16.0 Å². The van der Waals surface area contributed by atoms with Crippen molar-refractivity contribution in [2.24, 2.45) is 5.73 Å². The molecule has 5 heteroatoms. The van der Waals surface area contributed by atoms with Gasteiger partial charge in [0.05, 0.1) is 6.54 Å². The molecule has 1 amide bonds. The standard InChI is InChI=1S/C15H32N4O/c1-3-6-14(2)17-15(20)13-19-10-5-9-18(11-12-19)8-4-7-16/h14H,3-13,16H2,1-2H3,(H,17,20). The number of hydrogen-bond donors (Lipinski definition) is 2. The maximum Gasteiger partial charge on any atom is 0.234 e. The summed E-state index contributed by atoms with van der Waals surface area (Å²) >= 11 is 0. The van der Waals surface area contributed by atoms with Gasteiger partial charge in [-0.25, -0.2) is 0 Å². The summed E-state index contributed by atoms with van der Waals surface area (Å²) < 4.78 is 0. The molecule has 1 saturated heterocycles. The number of amides is 1. The summed E-state index contributed by atoms with van der Waals surface area (Å²) in [5, 5.41) is 3.08. The van der Waals surface area contributed by atoms with Gasteiger partial charge in [0.1, 0.15) is 0 Å². The molecule has 0 aromatic rings. The van der Waals surface area contributed by atoms with Crippen LogP contribution in [0.5, 0.6) is 0 Å². The highest BCUT2D eigenvalue weighted by Crippen LogP contribution is 2.04. The highest BCUT2D eigenvalue weighted by atomic mass is 16.2. The lowest BCUT2D eigenvalue weighted by molar-refractivity contribution is -0.122. The van der Waals surface area contributed by atoms with Crippen molar-refractivity contribution in [1.29, 1.82) is 0 Å². The predicted molar refractivity (Wildman–Crippen MR) is 83.7 cm³/mol. The fraction of sp³-hybridized carbons (Fsp3) is 0.933. The van der Waals surface area contributed by atoms with E-state index >= 15 is 0 Å². The van der Waals surface area contributed by atoms with Crippen molar-refractivity contribution in [3.8, 4) is 0 Å².